The monoisotopic (exact) mass is 325 g/mol. The van der Waals surface area contributed by atoms with Crippen molar-refractivity contribution in [1.82, 2.24) is 14.5 Å². The predicted octanol–water partition coefficient (Wildman–Crippen LogP) is 2.50. The molecule has 1 aromatic carbocycles. The van der Waals surface area contributed by atoms with Crippen LogP contribution in [0.4, 0.5) is 11.4 Å². The van der Waals surface area contributed by atoms with E-state index < -0.39 is 4.92 Å². The number of carbonyl (C=O) groups is 1. The maximum Gasteiger partial charge on any atom is 0.293 e. The summed E-state index contributed by atoms with van der Waals surface area (Å²) in [7, 11) is 1.70. The van der Waals surface area contributed by atoms with E-state index in [9.17, 15) is 14.9 Å². The average Bonchev–Trinajstić information content (AvgIpc) is 3.23. The Balaban J connectivity index is 1.88. The van der Waals surface area contributed by atoms with E-state index in [-0.39, 0.29) is 22.9 Å². The van der Waals surface area contributed by atoms with Crippen LogP contribution in [-0.4, -0.2) is 25.2 Å². The number of carbonyl (C=O) groups excluding carboxylic acids is 1. The first kappa shape index (κ1) is 15.5. The third kappa shape index (κ3) is 3.02. The first-order valence-electron chi connectivity index (χ1n) is 7.23. The summed E-state index contributed by atoms with van der Waals surface area (Å²) in [5.41, 5.74) is 1.33. The second-order valence-electron chi connectivity index (χ2n) is 5.23. The highest BCUT2D eigenvalue weighted by Crippen LogP contribution is 2.27. The molecule has 3 aromatic rings. The molecule has 0 spiro atoms. The van der Waals surface area contributed by atoms with Gasteiger partial charge in [-0.25, -0.2) is 4.98 Å². The van der Waals surface area contributed by atoms with Crippen LogP contribution >= 0.6 is 0 Å². The minimum absolute atomic E-state index is 0.151. The average molecular weight is 325 g/mol. The summed E-state index contributed by atoms with van der Waals surface area (Å²) < 4.78 is 1.57. The summed E-state index contributed by atoms with van der Waals surface area (Å²) in [6, 6.07) is 8.09. The number of anilines is 1. The molecule has 3 rings (SSSR count). The van der Waals surface area contributed by atoms with E-state index >= 15 is 0 Å². The van der Waals surface area contributed by atoms with Crippen molar-refractivity contribution in [2.45, 2.75) is 6.54 Å². The van der Waals surface area contributed by atoms with Crippen LogP contribution in [0.25, 0.3) is 0 Å². The molecule has 0 saturated carbocycles. The van der Waals surface area contributed by atoms with Gasteiger partial charge in [0.1, 0.15) is 5.69 Å². The fraction of sp³-hybridized carbons (Fsp3) is 0.125. The fourth-order valence-electron chi connectivity index (χ4n) is 2.35. The molecule has 0 radical (unpaired) electrons. The van der Waals surface area contributed by atoms with Gasteiger partial charge in [-0.1, -0.05) is 0 Å². The molecule has 0 atom stereocenters. The van der Waals surface area contributed by atoms with Crippen molar-refractivity contribution >= 4 is 17.2 Å². The molecule has 122 valence electrons. The van der Waals surface area contributed by atoms with Crippen LogP contribution in [0.3, 0.4) is 0 Å². The maximum atomic E-state index is 12.4. The van der Waals surface area contributed by atoms with E-state index in [1.807, 2.05) is 12.1 Å². The van der Waals surface area contributed by atoms with E-state index in [0.717, 1.165) is 5.69 Å². The summed E-state index contributed by atoms with van der Waals surface area (Å²) in [5, 5.41) is 14.3. The molecule has 0 saturated heterocycles. The molecule has 0 aliphatic rings. The number of imidazole rings is 1. The summed E-state index contributed by atoms with van der Waals surface area (Å²) in [5.74, 6) is -0.127. The Hall–Kier alpha value is -3.42. The van der Waals surface area contributed by atoms with E-state index in [1.165, 1.54) is 18.3 Å². The van der Waals surface area contributed by atoms with Crippen molar-refractivity contribution in [1.29, 1.82) is 0 Å². The molecule has 8 heteroatoms. The summed E-state index contributed by atoms with van der Waals surface area (Å²) in [4.78, 5) is 30.3. The summed E-state index contributed by atoms with van der Waals surface area (Å²) in [6.07, 6.45) is 4.93. The highest BCUT2D eigenvalue weighted by Gasteiger charge is 2.20. The number of aryl methyl sites for hydroxylation is 1. The zero-order valence-electron chi connectivity index (χ0n) is 12.9. The summed E-state index contributed by atoms with van der Waals surface area (Å²) >= 11 is 0. The van der Waals surface area contributed by atoms with Crippen molar-refractivity contribution in [3.63, 3.8) is 0 Å². The standard InChI is InChI=1S/C16H15N5O3/c1-20-8-7-18-16(20)15(22)11-4-5-13(14(9-11)21(23)24)19-10-12-3-2-6-17-12/h2-9,17,19H,10H2,1H3. The van der Waals surface area contributed by atoms with Crippen molar-refractivity contribution < 1.29 is 9.72 Å². The van der Waals surface area contributed by atoms with Crippen LogP contribution in [0.15, 0.2) is 48.9 Å². The van der Waals surface area contributed by atoms with Crippen molar-refractivity contribution in [3.05, 3.63) is 76.1 Å². The molecular formula is C16H15N5O3. The number of hydrogen-bond donors (Lipinski definition) is 2. The third-order valence-electron chi connectivity index (χ3n) is 3.61. The van der Waals surface area contributed by atoms with Crippen LogP contribution < -0.4 is 5.32 Å². The fourth-order valence-corrected chi connectivity index (χ4v) is 2.35. The number of benzene rings is 1. The lowest BCUT2D eigenvalue weighted by Gasteiger charge is -2.08. The molecule has 0 bridgehead atoms. The largest absolute Gasteiger partial charge is 0.374 e. The van der Waals surface area contributed by atoms with Gasteiger partial charge in [0.25, 0.3) is 5.69 Å². The SMILES string of the molecule is Cn1ccnc1C(=O)c1ccc(NCc2ccc[nH]2)c([N+](=O)[O-])c1. The molecule has 0 unspecified atom stereocenters. The molecule has 24 heavy (non-hydrogen) atoms. The van der Waals surface area contributed by atoms with Gasteiger partial charge >= 0.3 is 0 Å². The minimum atomic E-state index is -0.508. The number of nitro benzene ring substituents is 1. The lowest BCUT2D eigenvalue weighted by Crippen LogP contribution is -2.10. The number of nitrogens with one attached hydrogen (secondary N) is 2. The molecule has 2 N–H and O–H groups in total. The summed E-state index contributed by atoms with van der Waals surface area (Å²) in [6.45, 7) is 0.417. The van der Waals surface area contributed by atoms with Crippen molar-refractivity contribution in [2.24, 2.45) is 7.05 Å². The van der Waals surface area contributed by atoms with Gasteiger partial charge in [0, 0.05) is 43.0 Å². The molecule has 0 aliphatic heterocycles. The van der Waals surface area contributed by atoms with Crippen LogP contribution in [0.2, 0.25) is 0 Å². The van der Waals surface area contributed by atoms with Gasteiger partial charge in [-0.15, -0.1) is 0 Å². The third-order valence-corrected chi connectivity index (χ3v) is 3.61. The van der Waals surface area contributed by atoms with Gasteiger partial charge in [-0.2, -0.15) is 0 Å². The number of ketones is 1. The van der Waals surface area contributed by atoms with Gasteiger partial charge in [-0.3, -0.25) is 14.9 Å². The number of aromatic nitrogens is 3. The second kappa shape index (κ2) is 6.37. The van der Waals surface area contributed by atoms with Crippen LogP contribution in [0.5, 0.6) is 0 Å². The number of rotatable bonds is 6. The molecule has 0 fully saturated rings. The van der Waals surface area contributed by atoms with Gasteiger partial charge in [0.2, 0.25) is 5.78 Å². The van der Waals surface area contributed by atoms with Crippen LogP contribution in [-0.2, 0) is 13.6 Å². The zero-order valence-corrected chi connectivity index (χ0v) is 12.9. The van der Waals surface area contributed by atoms with Crippen molar-refractivity contribution in [2.75, 3.05) is 5.32 Å². The Morgan fingerprint density at radius 1 is 1.42 bits per heavy atom. The van der Waals surface area contributed by atoms with Gasteiger partial charge in [0.05, 0.1) is 11.5 Å². The Kier molecular flexibility index (Phi) is 4.11. The van der Waals surface area contributed by atoms with Gasteiger partial charge in [0.15, 0.2) is 5.82 Å². The number of hydrogen-bond acceptors (Lipinski definition) is 5. The van der Waals surface area contributed by atoms with E-state index in [2.05, 4.69) is 15.3 Å². The lowest BCUT2D eigenvalue weighted by molar-refractivity contribution is -0.384. The molecule has 8 nitrogen and oxygen atoms in total. The van der Waals surface area contributed by atoms with E-state index in [0.29, 0.717) is 12.2 Å². The van der Waals surface area contributed by atoms with Gasteiger partial charge in [-0.05, 0) is 24.3 Å². The topological polar surface area (TPSA) is 106 Å². The zero-order chi connectivity index (χ0) is 17.1. The maximum absolute atomic E-state index is 12.4. The highest BCUT2D eigenvalue weighted by atomic mass is 16.6. The number of aromatic amines is 1. The number of H-pyrrole nitrogens is 1. The molecule has 2 aromatic heterocycles. The Labute approximate surface area is 137 Å². The lowest BCUT2D eigenvalue weighted by atomic mass is 10.1. The van der Waals surface area contributed by atoms with E-state index in [4.69, 9.17) is 0 Å². The second-order valence-corrected chi connectivity index (χ2v) is 5.23. The first-order chi connectivity index (χ1) is 11.6. The molecule has 0 amide bonds. The van der Waals surface area contributed by atoms with Gasteiger partial charge < -0.3 is 14.9 Å². The molecule has 2 heterocycles. The number of nitrogens with zero attached hydrogens (tertiary/aromatic N) is 3. The number of nitro groups is 1. The molecule has 0 aliphatic carbocycles. The van der Waals surface area contributed by atoms with E-state index in [1.54, 1.807) is 30.1 Å². The Morgan fingerprint density at radius 2 is 2.25 bits per heavy atom. The first-order valence-corrected chi connectivity index (χ1v) is 7.23. The van der Waals surface area contributed by atoms with Crippen LogP contribution in [0, 0.1) is 10.1 Å². The molecular weight excluding hydrogens is 310 g/mol. The van der Waals surface area contributed by atoms with Crippen LogP contribution in [0.1, 0.15) is 21.9 Å². The quantitative estimate of drug-likeness (QED) is 0.411. The Morgan fingerprint density at radius 3 is 2.88 bits per heavy atom. The smallest absolute Gasteiger partial charge is 0.293 e. The minimum Gasteiger partial charge on any atom is -0.374 e. The predicted molar refractivity (Wildman–Crippen MR) is 87.9 cm³/mol. The highest BCUT2D eigenvalue weighted by molar-refractivity contribution is 6.07. The van der Waals surface area contributed by atoms with Crippen molar-refractivity contribution in [3.8, 4) is 0 Å². The normalized spacial score (nSPS) is 10.5. The Bertz CT molecular complexity index is 883.